The van der Waals surface area contributed by atoms with E-state index in [9.17, 15) is 15.0 Å². The van der Waals surface area contributed by atoms with Gasteiger partial charge in [-0.1, -0.05) is 41.5 Å². The van der Waals surface area contributed by atoms with Crippen molar-refractivity contribution in [3.63, 3.8) is 0 Å². The minimum absolute atomic E-state index is 0.0502. The SMILES string of the molecule is COc1cc(OC)cc(-c2nc(S/C(=C\c3cc(C(C)(C)C)c(O)c(C(C)(C)C)c3)C(=O)O)n[nH]2)c1. The summed E-state index contributed by atoms with van der Waals surface area (Å²) in [5.74, 6) is 0.783. The van der Waals surface area contributed by atoms with Crippen molar-refractivity contribution in [2.45, 2.75) is 57.5 Å². The zero-order valence-electron chi connectivity index (χ0n) is 21.9. The van der Waals surface area contributed by atoms with Crippen LogP contribution in [0.3, 0.4) is 0 Å². The number of methoxy groups -OCH3 is 2. The minimum atomic E-state index is -1.10. The normalized spacial score (nSPS) is 12.5. The van der Waals surface area contributed by atoms with Crippen LogP contribution in [0.4, 0.5) is 0 Å². The molecule has 3 aromatic rings. The maximum atomic E-state index is 12.1. The Morgan fingerprint density at radius 2 is 1.47 bits per heavy atom. The number of phenolic OH excluding ortho intramolecular Hbond substituents is 1. The average molecular weight is 512 g/mol. The molecule has 0 fully saturated rings. The van der Waals surface area contributed by atoms with Crippen LogP contribution in [0.2, 0.25) is 0 Å². The van der Waals surface area contributed by atoms with E-state index in [0.29, 0.717) is 28.5 Å². The van der Waals surface area contributed by atoms with Gasteiger partial charge in [0.1, 0.15) is 22.2 Å². The molecule has 1 heterocycles. The van der Waals surface area contributed by atoms with Crippen molar-refractivity contribution >= 4 is 23.8 Å². The molecule has 0 radical (unpaired) electrons. The molecule has 3 N–H and O–H groups in total. The Labute approximate surface area is 215 Å². The number of ether oxygens (including phenoxy) is 2. The number of benzene rings is 2. The van der Waals surface area contributed by atoms with Gasteiger partial charge < -0.3 is 19.7 Å². The molecular weight excluding hydrogens is 478 g/mol. The van der Waals surface area contributed by atoms with Gasteiger partial charge in [0, 0.05) is 22.8 Å². The molecule has 1 aromatic heterocycles. The fraction of sp³-hybridized carbons (Fsp3) is 0.370. The molecule has 0 aliphatic carbocycles. The van der Waals surface area contributed by atoms with Crippen LogP contribution in [0.1, 0.15) is 58.2 Å². The number of nitrogens with zero attached hydrogens (tertiary/aromatic N) is 2. The summed E-state index contributed by atoms with van der Waals surface area (Å²) in [6.45, 7) is 12.1. The van der Waals surface area contributed by atoms with Crippen LogP contribution in [-0.4, -0.2) is 45.6 Å². The molecule has 0 unspecified atom stereocenters. The molecule has 0 aliphatic heterocycles. The van der Waals surface area contributed by atoms with Crippen LogP contribution in [-0.2, 0) is 15.6 Å². The number of hydrogen-bond donors (Lipinski definition) is 3. The van der Waals surface area contributed by atoms with Crippen LogP contribution in [0.25, 0.3) is 17.5 Å². The predicted octanol–water partition coefficient (Wildman–Crippen LogP) is 6.01. The average Bonchev–Trinajstić information content (AvgIpc) is 3.26. The van der Waals surface area contributed by atoms with Crippen molar-refractivity contribution in [1.82, 2.24) is 15.2 Å². The van der Waals surface area contributed by atoms with Crippen LogP contribution < -0.4 is 9.47 Å². The summed E-state index contributed by atoms with van der Waals surface area (Å²) in [5, 5.41) is 28.2. The van der Waals surface area contributed by atoms with Crippen molar-refractivity contribution in [3.8, 4) is 28.6 Å². The second kappa shape index (κ2) is 10.3. The molecular formula is C27H33N3O5S. The first-order valence-corrected chi connectivity index (χ1v) is 12.2. The van der Waals surface area contributed by atoms with Crippen molar-refractivity contribution in [1.29, 1.82) is 0 Å². The highest BCUT2D eigenvalue weighted by Crippen LogP contribution is 2.41. The maximum absolute atomic E-state index is 12.1. The van der Waals surface area contributed by atoms with Crippen LogP contribution in [0.5, 0.6) is 17.2 Å². The summed E-state index contributed by atoms with van der Waals surface area (Å²) in [5.41, 5.74) is 2.21. The summed E-state index contributed by atoms with van der Waals surface area (Å²) in [4.78, 5) is 16.7. The number of aliphatic carboxylic acids is 1. The summed E-state index contributed by atoms with van der Waals surface area (Å²) in [6, 6.07) is 8.98. The molecule has 0 spiro atoms. The molecule has 0 saturated carbocycles. The largest absolute Gasteiger partial charge is 0.507 e. The number of rotatable bonds is 7. The molecule has 0 aliphatic rings. The Morgan fingerprint density at radius 1 is 0.944 bits per heavy atom. The van der Waals surface area contributed by atoms with E-state index < -0.39 is 5.97 Å². The van der Waals surface area contributed by atoms with E-state index in [0.717, 1.165) is 22.9 Å². The third kappa shape index (κ3) is 6.20. The van der Waals surface area contributed by atoms with Crippen LogP contribution in [0.15, 0.2) is 40.4 Å². The first kappa shape index (κ1) is 27.1. The highest BCUT2D eigenvalue weighted by Gasteiger charge is 2.26. The van der Waals surface area contributed by atoms with Gasteiger partial charge in [0.05, 0.1) is 14.2 Å². The lowest BCUT2D eigenvalue weighted by atomic mass is 9.78. The highest BCUT2D eigenvalue weighted by molar-refractivity contribution is 8.04. The number of aromatic nitrogens is 3. The topological polar surface area (TPSA) is 118 Å². The van der Waals surface area contributed by atoms with Crippen molar-refractivity contribution in [2.24, 2.45) is 0 Å². The van der Waals surface area contributed by atoms with E-state index in [1.165, 1.54) is 0 Å². The van der Waals surface area contributed by atoms with E-state index in [2.05, 4.69) is 15.2 Å². The van der Waals surface area contributed by atoms with Gasteiger partial charge in [0.15, 0.2) is 5.82 Å². The highest BCUT2D eigenvalue weighted by atomic mass is 32.2. The van der Waals surface area contributed by atoms with E-state index in [1.54, 1.807) is 38.5 Å². The van der Waals surface area contributed by atoms with E-state index in [4.69, 9.17) is 9.47 Å². The third-order valence-corrected chi connectivity index (χ3v) is 6.43. The van der Waals surface area contributed by atoms with Crippen molar-refractivity contribution < 1.29 is 24.5 Å². The van der Waals surface area contributed by atoms with Gasteiger partial charge >= 0.3 is 5.97 Å². The van der Waals surface area contributed by atoms with Gasteiger partial charge in [0.25, 0.3) is 0 Å². The molecule has 0 atom stereocenters. The summed E-state index contributed by atoms with van der Waals surface area (Å²) in [6.07, 6.45) is 1.58. The Morgan fingerprint density at radius 3 is 1.92 bits per heavy atom. The number of aromatic amines is 1. The van der Waals surface area contributed by atoms with Gasteiger partial charge in [0.2, 0.25) is 5.16 Å². The van der Waals surface area contributed by atoms with Gasteiger partial charge in [-0.3, -0.25) is 5.10 Å². The van der Waals surface area contributed by atoms with E-state index in [-0.39, 0.29) is 26.6 Å². The molecule has 8 nitrogen and oxygen atoms in total. The van der Waals surface area contributed by atoms with Gasteiger partial charge in [-0.2, -0.15) is 0 Å². The van der Waals surface area contributed by atoms with E-state index in [1.807, 2.05) is 53.7 Å². The number of hydrogen-bond acceptors (Lipinski definition) is 7. The Bertz CT molecular complexity index is 1240. The Balaban J connectivity index is 2.02. The number of nitrogens with one attached hydrogen (secondary N) is 1. The number of aromatic hydroxyl groups is 1. The number of thioether (sulfide) groups is 1. The molecule has 9 heteroatoms. The molecule has 0 bridgehead atoms. The second-order valence-electron chi connectivity index (χ2n) is 10.4. The fourth-order valence-corrected chi connectivity index (χ4v) is 4.34. The summed E-state index contributed by atoms with van der Waals surface area (Å²) >= 11 is 0.941. The minimum Gasteiger partial charge on any atom is -0.507 e. The molecule has 36 heavy (non-hydrogen) atoms. The summed E-state index contributed by atoms with van der Waals surface area (Å²) < 4.78 is 10.6. The number of H-pyrrole nitrogens is 1. The lowest BCUT2D eigenvalue weighted by Crippen LogP contribution is -2.17. The third-order valence-electron chi connectivity index (χ3n) is 5.55. The number of carboxylic acids is 1. The Hall–Kier alpha value is -3.46. The van der Waals surface area contributed by atoms with Crippen LogP contribution >= 0.6 is 11.8 Å². The molecule has 0 saturated heterocycles. The lowest BCUT2D eigenvalue weighted by molar-refractivity contribution is -0.131. The zero-order chi connectivity index (χ0) is 26.8. The first-order chi connectivity index (χ1) is 16.7. The standard InChI is InChI=1S/C27H33N3O5S/c1-26(2,3)19-9-15(10-20(22(19)31)27(4,5)6)11-21(24(32)33)36-25-28-23(29-30-25)16-12-17(34-7)14-18(13-16)35-8/h9-14,31H,1-8H3,(H,32,33)(H,28,29,30)/b21-11-. The van der Waals surface area contributed by atoms with Crippen molar-refractivity contribution in [2.75, 3.05) is 14.2 Å². The quantitative estimate of drug-likeness (QED) is 0.261. The van der Waals surface area contributed by atoms with E-state index >= 15 is 0 Å². The predicted molar refractivity (Wildman–Crippen MR) is 142 cm³/mol. The molecule has 192 valence electrons. The summed E-state index contributed by atoms with van der Waals surface area (Å²) in [7, 11) is 3.12. The smallest absolute Gasteiger partial charge is 0.342 e. The van der Waals surface area contributed by atoms with Gasteiger partial charge in [-0.05, 0) is 58.5 Å². The van der Waals surface area contributed by atoms with Crippen LogP contribution in [0, 0.1) is 0 Å². The number of carbonyl (C=O) groups is 1. The molecule has 0 amide bonds. The number of carboxylic acid groups (broad SMARTS) is 1. The van der Waals surface area contributed by atoms with Gasteiger partial charge in [-0.15, -0.1) is 5.10 Å². The maximum Gasteiger partial charge on any atom is 0.342 e. The lowest BCUT2D eigenvalue weighted by Gasteiger charge is -2.28. The second-order valence-corrected chi connectivity index (χ2v) is 11.5. The van der Waals surface area contributed by atoms with Gasteiger partial charge in [-0.25, -0.2) is 9.78 Å². The first-order valence-electron chi connectivity index (χ1n) is 11.4. The number of phenols is 1. The zero-order valence-corrected chi connectivity index (χ0v) is 22.7. The molecule has 2 aromatic carbocycles. The Kier molecular flexibility index (Phi) is 7.73. The monoisotopic (exact) mass is 511 g/mol. The fourth-order valence-electron chi connectivity index (χ4n) is 3.63. The van der Waals surface area contributed by atoms with Crippen molar-refractivity contribution in [3.05, 3.63) is 51.9 Å². The molecule has 3 rings (SSSR count).